The van der Waals surface area contributed by atoms with E-state index in [9.17, 15) is 28.0 Å². The smallest absolute Gasteiger partial charge is 0.330 e. The number of nitriles is 1. The van der Waals surface area contributed by atoms with Crippen molar-refractivity contribution in [3.63, 3.8) is 0 Å². The Kier molecular flexibility index (Phi) is 6.14. The highest BCUT2D eigenvalue weighted by Gasteiger charge is 2.51. The molecule has 0 aliphatic carbocycles. The van der Waals surface area contributed by atoms with Crippen LogP contribution in [0.1, 0.15) is 48.9 Å². The number of carbonyl (C=O) groups is 2. The van der Waals surface area contributed by atoms with Crippen LogP contribution in [0.25, 0.3) is 0 Å². The summed E-state index contributed by atoms with van der Waals surface area (Å²) in [5, 5.41) is 9.22. The first-order valence-electron chi connectivity index (χ1n) is 11.2. The van der Waals surface area contributed by atoms with Gasteiger partial charge in [0.1, 0.15) is 6.04 Å². The SMILES string of the molecule is Cc1cc([C@@H](C)N2C(=O)[C@H]3CC2CN3C[C@H](N)C(=O)N2CCC[C@H]2C#N)cc(C(F)(F)F)c1. The third kappa shape index (κ3) is 4.32. The summed E-state index contributed by atoms with van der Waals surface area (Å²) in [6.45, 7) is 4.60. The number of halogens is 3. The number of nitrogens with zero attached hydrogens (tertiary/aromatic N) is 4. The molecule has 2 bridgehead atoms. The Hall–Kier alpha value is -2.64. The molecule has 1 aromatic carbocycles. The first-order valence-corrected chi connectivity index (χ1v) is 11.2. The van der Waals surface area contributed by atoms with Crippen molar-refractivity contribution in [1.29, 1.82) is 5.26 Å². The van der Waals surface area contributed by atoms with Crippen molar-refractivity contribution >= 4 is 11.8 Å². The van der Waals surface area contributed by atoms with Crippen LogP contribution < -0.4 is 5.73 Å². The zero-order chi connectivity index (χ0) is 24.1. The van der Waals surface area contributed by atoms with Crippen LogP contribution >= 0.6 is 0 Å². The lowest BCUT2D eigenvalue weighted by molar-refractivity contribution is -0.141. The van der Waals surface area contributed by atoms with Gasteiger partial charge in [-0.05, 0) is 50.8 Å². The number of fused-ring (bicyclic) bond motifs is 2. The van der Waals surface area contributed by atoms with Crippen LogP contribution in [0.2, 0.25) is 0 Å². The molecule has 3 heterocycles. The van der Waals surface area contributed by atoms with E-state index in [0.717, 1.165) is 18.6 Å². The van der Waals surface area contributed by atoms with E-state index in [1.54, 1.807) is 24.8 Å². The van der Waals surface area contributed by atoms with Gasteiger partial charge in [-0.2, -0.15) is 18.4 Å². The van der Waals surface area contributed by atoms with Crippen molar-refractivity contribution < 1.29 is 22.8 Å². The number of aryl methyl sites for hydroxylation is 1. The van der Waals surface area contributed by atoms with Gasteiger partial charge in [-0.1, -0.05) is 11.6 Å². The Balaban J connectivity index is 1.44. The summed E-state index contributed by atoms with van der Waals surface area (Å²) in [6, 6.07) is 3.68. The molecule has 1 aromatic rings. The van der Waals surface area contributed by atoms with Gasteiger partial charge in [0.25, 0.3) is 0 Å². The highest BCUT2D eigenvalue weighted by atomic mass is 19.4. The number of hydrogen-bond donors (Lipinski definition) is 1. The van der Waals surface area contributed by atoms with Crippen molar-refractivity contribution in [2.24, 2.45) is 5.73 Å². The summed E-state index contributed by atoms with van der Waals surface area (Å²) in [4.78, 5) is 31.0. The van der Waals surface area contributed by atoms with Crippen molar-refractivity contribution in [1.82, 2.24) is 14.7 Å². The number of nitrogens with two attached hydrogens (primary N) is 1. The van der Waals surface area contributed by atoms with E-state index in [2.05, 4.69) is 6.07 Å². The fourth-order valence-electron chi connectivity index (χ4n) is 5.49. The molecule has 0 radical (unpaired) electrons. The Morgan fingerprint density at radius 2 is 2.06 bits per heavy atom. The number of likely N-dealkylation sites (tertiary alicyclic amines) is 3. The van der Waals surface area contributed by atoms with Crippen LogP contribution in [0.15, 0.2) is 18.2 Å². The van der Waals surface area contributed by atoms with Crippen LogP contribution in [0.4, 0.5) is 13.2 Å². The van der Waals surface area contributed by atoms with E-state index in [4.69, 9.17) is 5.73 Å². The third-order valence-electron chi connectivity index (χ3n) is 7.07. The summed E-state index contributed by atoms with van der Waals surface area (Å²) < 4.78 is 39.8. The molecule has 5 atom stereocenters. The predicted octanol–water partition coefficient (Wildman–Crippen LogP) is 2.20. The fourth-order valence-corrected chi connectivity index (χ4v) is 5.49. The van der Waals surface area contributed by atoms with Crippen molar-refractivity contribution in [3.8, 4) is 6.07 Å². The average Bonchev–Trinajstić information content (AvgIpc) is 3.46. The molecule has 0 aromatic heterocycles. The largest absolute Gasteiger partial charge is 0.416 e. The molecule has 33 heavy (non-hydrogen) atoms. The first kappa shape index (κ1) is 23.5. The second kappa shape index (κ2) is 8.61. The highest BCUT2D eigenvalue weighted by molar-refractivity contribution is 5.87. The minimum atomic E-state index is -4.45. The Labute approximate surface area is 190 Å². The lowest BCUT2D eigenvalue weighted by Gasteiger charge is -2.38. The zero-order valence-electron chi connectivity index (χ0n) is 18.7. The molecule has 1 unspecified atom stereocenters. The van der Waals surface area contributed by atoms with Crippen LogP contribution in [0.3, 0.4) is 0 Å². The van der Waals surface area contributed by atoms with E-state index in [1.807, 2.05) is 4.90 Å². The molecule has 0 spiro atoms. The standard InChI is InChI=1S/C23H28F3N5O2/c1-13-6-15(8-16(7-13)23(24,25)26)14(2)31-18-9-20(22(31)33)29(11-18)12-19(28)21(32)30-5-3-4-17(30)10-27/h6-8,14,17-20H,3-5,9,11-12,28H2,1-2H3/t14-,17+,18?,19+,20-/m1/s1. The maximum Gasteiger partial charge on any atom is 0.416 e. The molecule has 7 nitrogen and oxygen atoms in total. The highest BCUT2D eigenvalue weighted by Crippen LogP contribution is 2.39. The van der Waals surface area contributed by atoms with Crippen LogP contribution in [-0.4, -0.2) is 70.3 Å². The Morgan fingerprint density at radius 3 is 2.70 bits per heavy atom. The van der Waals surface area contributed by atoms with E-state index >= 15 is 0 Å². The maximum atomic E-state index is 13.3. The molecule has 3 aliphatic heterocycles. The van der Waals surface area contributed by atoms with Crippen LogP contribution in [0.5, 0.6) is 0 Å². The minimum Gasteiger partial charge on any atom is -0.330 e. The first-order chi connectivity index (χ1) is 15.5. The zero-order valence-corrected chi connectivity index (χ0v) is 18.7. The van der Waals surface area contributed by atoms with Crippen LogP contribution in [0, 0.1) is 18.3 Å². The molecule has 4 rings (SSSR count). The van der Waals surface area contributed by atoms with Gasteiger partial charge in [0, 0.05) is 25.7 Å². The van der Waals surface area contributed by atoms with Gasteiger partial charge in [0.05, 0.1) is 29.8 Å². The number of hydrogen-bond acceptors (Lipinski definition) is 5. The summed E-state index contributed by atoms with van der Waals surface area (Å²) in [5.74, 6) is -0.427. The Bertz CT molecular complexity index is 991. The van der Waals surface area contributed by atoms with Gasteiger partial charge in [0.2, 0.25) is 11.8 Å². The van der Waals surface area contributed by atoms with Gasteiger partial charge >= 0.3 is 6.18 Å². The molecule has 2 amide bonds. The predicted molar refractivity (Wildman–Crippen MR) is 114 cm³/mol. The monoisotopic (exact) mass is 463 g/mol. The molecule has 3 saturated heterocycles. The summed E-state index contributed by atoms with van der Waals surface area (Å²) in [7, 11) is 0. The summed E-state index contributed by atoms with van der Waals surface area (Å²) >= 11 is 0. The summed E-state index contributed by atoms with van der Waals surface area (Å²) in [6.07, 6.45) is -2.48. The van der Waals surface area contributed by atoms with Crippen molar-refractivity contribution in [3.05, 3.63) is 34.9 Å². The number of amides is 2. The lowest BCUT2D eigenvalue weighted by Crippen LogP contribution is -2.56. The molecule has 2 N–H and O–H groups in total. The molecular weight excluding hydrogens is 435 g/mol. The second-order valence-corrected chi connectivity index (χ2v) is 9.34. The van der Waals surface area contributed by atoms with E-state index < -0.39 is 35.9 Å². The van der Waals surface area contributed by atoms with Crippen LogP contribution in [-0.2, 0) is 15.8 Å². The number of benzene rings is 1. The Morgan fingerprint density at radius 1 is 1.33 bits per heavy atom. The van der Waals surface area contributed by atoms with E-state index in [0.29, 0.717) is 37.1 Å². The number of carbonyl (C=O) groups excluding carboxylic acids is 2. The number of alkyl halides is 3. The molecule has 3 aliphatic rings. The molecular formula is C23H28F3N5O2. The topological polar surface area (TPSA) is 93.7 Å². The quantitative estimate of drug-likeness (QED) is 0.723. The van der Waals surface area contributed by atoms with E-state index in [-0.39, 0.29) is 24.4 Å². The number of piperazine rings is 1. The van der Waals surface area contributed by atoms with Crippen molar-refractivity contribution in [2.75, 3.05) is 19.6 Å². The van der Waals surface area contributed by atoms with Gasteiger partial charge in [-0.15, -0.1) is 0 Å². The lowest BCUT2D eigenvalue weighted by atomic mass is 9.99. The van der Waals surface area contributed by atoms with E-state index in [1.165, 1.54) is 4.90 Å². The third-order valence-corrected chi connectivity index (χ3v) is 7.07. The van der Waals surface area contributed by atoms with Gasteiger partial charge in [-0.25, -0.2) is 0 Å². The molecule has 0 saturated carbocycles. The van der Waals surface area contributed by atoms with Crippen molar-refractivity contribution in [2.45, 2.75) is 69.5 Å². The second-order valence-electron chi connectivity index (χ2n) is 9.34. The number of rotatable bonds is 5. The molecule has 178 valence electrons. The normalized spacial score (nSPS) is 27.2. The summed E-state index contributed by atoms with van der Waals surface area (Å²) in [5.41, 5.74) is 6.39. The average molecular weight is 464 g/mol. The van der Waals surface area contributed by atoms with Gasteiger partial charge < -0.3 is 15.5 Å². The molecule has 10 heteroatoms. The molecule has 3 fully saturated rings. The van der Waals surface area contributed by atoms with Gasteiger partial charge in [0.15, 0.2) is 0 Å². The van der Waals surface area contributed by atoms with Gasteiger partial charge in [-0.3, -0.25) is 14.5 Å². The fraction of sp³-hybridized carbons (Fsp3) is 0.609. The minimum absolute atomic E-state index is 0.145. The maximum absolute atomic E-state index is 13.3.